The fraction of sp³-hybridized carbons (Fsp3) is 0. The molecule has 0 aliphatic carbocycles. The summed E-state index contributed by atoms with van der Waals surface area (Å²) in [4.78, 5) is 23.4. The molecule has 2 N–H and O–H groups in total. The fourth-order valence-electron chi connectivity index (χ4n) is 1.92. The second-order valence-corrected chi connectivity index (χ2v) is 4.94. The van der Waals surface area contributed by atoms with E-state index in [1.54, 1.807) is 18.2 Å². The zero-order chi connectivity index (χ0) is 14.9. The van der Waals surface area contributed by atoms with Crippen molar-refractivity contribution in [3.8, 4) is 11.1 Å². The van der Waals surface area contributed by atoms with E-state index in [2.05, 4.69) is 25.3 Å². The highest BCUT2D eigenvalue weighted by Crippen LogP contribution is 2.36. The van der Waals surface area contributed by atoms with Gasteiger partial charge < -0.3 is 10.2 Å². The lowest BCUT2D eigenvalue weighted by Crippen LogP contribution is -2.05. The highest BCUT2D eigenvalue weighted by Gasteiger charge is 2.20. The van der Waals surface area contributed by atoms with Crippen LogP contribution in [0.15, 0.2) is 46.2 Å². The predicted molar refractivity (Wildman–Crippen MR) is 80.3 cm³/mol. The number of thiol groups is 2. The summed E-state index contributed by atoms with van der Waals surface area (Å²) < 4.78 is 0. The third-order valence-corrected chi connectivity index (χ3v) is 3.83. The molecule has 102 valence electrons. The summed E-state index contributed by atoms with van der Waals surface area (Å²) in [5.41, 5.74) is 0.565. The van der Waals surface area contributed by atoms with Crippen molar-refractivity contribution in [2.75, 3.05) is 0 Å². The standard InChI is InChI=1S/C14H10O4S2/c15-13(16)8-4-2-1-3-7(8)11-9(14(17)18)5-6-10(19)12(11)20/h1-6,19-20H,(H,15,16)(H,17,18). The summed E-state index contributed by atoms with van der Waals surface area (Å²) in [6, 6.07) is 9.10. The predicted octanol–water partition coefficient (Wildman–Crippen LogP) is 3.33. The molecule has 0 unspecified atom stereocenters. The summed E-state index contributed by atoms with van der Waals surface area (Å²) in [6.45, 7) is 0. The van der Waals surface area contributed by atoms with Crippen LogP contribution in [0.5, 0.6) is 0 Å². The zero-order valence-corrected chi connectivity index (χ0v) is 11.9. The Morgan fingerprint density at radius 1 is 0.850 bits per heavy atom. The molecular weight excluding hydrogens is 296 g/mol. The van der Waals surface area contributed by atoms with Gasteiger partial charge in [0.15, 0.2) is 0 Å². The first-order chi connectivity index (χ1) is 9.43. The molecule has 0 aliphatic heterocycles. The zero-order valence-electron chi connectivity index (χ0n) is 10.1. The van der Waals surface area contributed by atoms with Gasteiger partial charge in [0.1, 0.15) is 0 Å². The second-order valence-electron chi connectivity index (χ2n) is 4.01. The highest BCUT2D eigenvalue weighted by atomic mass is 32.1. The molecule has 2 aromatic rings. The van der Waals surface area contributed by atoms with E-state index < -0.39 is 11.9 Å². The van der Waals surface area contributed by atoms with Gasteiger partial charge >= 0.3 is 11.9 Å². The first-order valence-corrected chi connectivity index (χ1v) is 6.44. The molecule has 0 spiro atoms. The third kappa shape index (κ3) is 2.52. The largest absolute Gasteiger partial charge is 0.478 e. The van der Waals surface area contributed by atoms with E-state index >= 15 is 0 Å². The molecule has 2 aromatic carbocycles. The van der Waals surface area contributed by atoms with Crippen LogP contribution < -0.4 is 0 Å². The van der Waals surface area contributed by atoms with Crippen LogP contribution in [-0.4, -0.2) is 22.2 Å². The number of hydrogen-bond donors (Lipinski definition) is 4. The van der Waals surface area contributed by atoms with E-state index in [-0.39, 0.29) is 16.7 Å². The first-order valence-electron chi connectivity index (χ1n) is 5.54. The summed E-state index contributed by atoms with van der Waals surface area (Å²) >= 11 is 8.47. The van der Waals surface area contributed by atoms with Crippen molar-refractivity contribution < 1.29 is 19.8 Å². The van der Waals surface area contributed by atoms with Crippen LogP contribution in [-0.2, 0) is 0 Å². The van der Waals surface area contributed by atoms with Gasteiger partial charge in [0.05, 0.1) is 11.1 Å². The molecule has 0 saturated heterocycles. The topological polar surface area (TPSA) is 74.6 Å². The van der Waals surface area contributed by atoms with Crippen molar-refractivity contribution in [1.82, 2.24) is 0 Å². The Hall–Kier alpha value is -1.92. The molecule has 6 heteroatoms. The average Bonchev–Trinajstić information content (AvgIpc) is 2.41. The number of carboxylic acid groups (broad SMARTS) is 2. The molecule has 0 aliphatic rings. The van der Waals surface area contributed by atoms with Gasteiger partial charge in [-0.2, -0.15) is 0 Å². The Morgan fingerprint density at radius 3 is 2.05 bits per heavy atom. The van der Waals surface area contributed by atoms with E-state index in [4.69, 9.17) is 0 Å². The minimum absolute atomic E-state index is 0.0125. The van der Waals surface area contributed by atoms with Crippen molar-refractivity contribution in [3.63, 3.8) is 0 Å². The Kier molecular flexibility index (Phi) is 4.06. The van der Waals surface area contributed by atoms with Gasteiger partial charge in [-0.25, -0.2) is 9.59 Å². The van der Waals surface area contributed by atoms with Gasteiger partial charge in [0.2, 0.25) is 0 Å². The van der Waals surface area contributed by atoms with Gasteiger partial charge in [0.25, 0.3) is 0 Å². The lowest BCUT2D eigenvalue weighted by molar-refractivity contribution is 0.0684. The van der Waals surface area contributed by atoms with Crippen molar-refractivity contribution in [3.05, 3.63) is 47.5 Å². The minimum Gasteiger partial charge on any atom is -0.478 e. The lowest BCUT2D eigenvalue weighted by Gasteiger charge is -2.13. The fourth-order valence-corrected chi connectivity index (χ4v) is 2.42. The summed E-state index contributed by atoms with van der Waals surface area (Å²) in [5.74, 6) is -2.28. The van der Waals surface area contributed by atoms with Crippen LogP contribution in [0.4, 0.5) is 0 Å². The molecular formula is C14H10O4S2. The van der Waals surface area contributed by atoms with E-state index in [0.29, 0.717) is 15.4 Å². The molecule has 0 bridgehead atoms. The van der Waals surface area contributed by atoms with Crippen LogP contribution in [0.2, 0.25) is 0 Å². The smallest absolute Gasteiger partial charge is 0.336 e. The number of hydrogen-bond acceptors (Lipinski definition) is 4. The molecule has 0 radical (unpaired) electrons. The van der Waals surface area contributed by atoms with Crippen molar-refractivity contribution in [1.29, 1.82) is 0 Å². The van der Waals surface area contributed by atoms with Gasteiger partial charge in [0, 0.05) is 15.4 Å². The van der Waals surface area contributed by atoms with Crippen molar-refractivity contribution in [2.24, 2.45) is 0 Å². The normalized spacial score (nSPS) is 10.3. The summed E-state index contributed by atoms with van der Waals surface area (Å²) in [5, 5.41) is 18.5. The van der Waals surface area contributed by atoms with Crippen LogP contribution in [0.25, 0.3) is 11.1 Å². The lowest BCUT2D eigenvalue weighted by atomic mass is 9.95. The van der Waals surface area contributed by atoms with Crippen LogP contribution in [0.1, 0.15) is 20.7 Å². The summed E-state index contributed by atoms with van der Waals surface area (Å²) in [6.07, 6.45) is 0. The number of carboxylic acids is 2. The van der Waals surface area contributed by atoms with E-state index in [0.717, 1.165) is 0 Å². The molecule has 0 fully saturated rings. The number of carbonyl (C=O) groups is 2. The van der Waals surface area contributed by atoms with Gasteiger partial charge in [-0.05, 0) is 23.8 Å². The number of benzene rings is 2. The molecule has 0 atom stereocenters. The maximum absolute atomic E-state index is 11.3. The average molecular weight is 306 g/mol. The van der Waals surface area contributed by atoms with Crippen LogP contribution in [0, 0.1) is 0 Å². The number of aromatic carboxylic acids is 2. The molecule has 2 rings (SSSR count). The van der Waals surface area contributed by atoms with Crippen LogP contribution in [0.3, 0.4) is 0 Å². The van der Waals surface area contributed by atoms with Crippen molar-refractivity contribution in [2.45, 2.75) is 9.79 Å². The van der Waals surface area contributed by atoms with E-state index in [1.165, 1.54) is 18.2 Å². The second kappa shape index (κ2) is 5.60. The van der Waals surface area contributed by atoms with E-state index in [1.807, 2.05) is 0 Å². The minimum atomic E-state index is -1.15. The first kappa shape index (κ1) is 14.5. The SMILES string of the molecule is O=C(O)c1ccccc1-c1c(C(=O)O)ccc(S)c1S. The molecule has 0 aromatic heterocycles. The molecule has 0 saturated carbocycles. The third-order valence-electron chi connectivity index (χ3n) is 2.81. The monoisotopic (exact) mass is 306 g/mol. The van der Waals surface area contributed by atoms with Crippen molar-refractivity contribution >= 4 is 37.2 Å². The van der Waals surface area contributed by atoms with Gasteiger partial charge in [-0.3, -0.25) is 0 Å². The molecule has 0 heterocycles. The van der Waals surface area contributed by atoms with Gasteiger partial charge in [-0.15, -0.1) is 25.3 Å². The summed E-state index contributed by atoms with van der Waals surface area (Å²) in [7, 11) is 0. The Morgan fingerprint density at radius 2 is 1.45 bits per heavy atom. The maximum Gasteiger partial charge on any atom is 0.336 e. The Balaban J connectivity index is 2.85. The quantitative estimate of drug-likeness (QED) is 0.656. The molecule has 4 nitrogen and oxygen atoms in total. The van der Waals surface area contributed by atoms with E-state index in [9.17, 15) is 19.8 Å². The number of rotatable bonds is 3. The Bertz CT molecular complexity index is 710. The molecule has 20 heavy (non-hydrogen) atoms. The molecule has 0 amide bonds. The van der Waals surface area contributed by atoms with Crippen LogP contribution >= 0.6 is 25.3 Å². The maximum atomic E-state index is 11.3. The highest BCUT2D eigenvalue weighted by molar-refractivity contribution is 7.83. The van der Waals surface area contributed by atoms with Gasteiger partial charge in [-0.1, -0.05) is 18.2 Å². The Labute approximate surface area is 125 Å².